The summed E-state index contributed by atoms with van der Waals surface area (Å²) in [5.41, 5.74) is 0.922. The molecule has 0 aromatic heterocycles. The van der Waals surface area contributed by atoms with E-state index in [-0.39, 0.29) is 11.7 Å². The highest BCUT2D eigenvalue weighted by Gasteiger charge is 2.50. The molecule has 4 rings (SSSR count). The molecule has 2 aromatic carbocycles. The van der Waals surface area contributed by atoms with Crippen molar-refractivity contribution in [2.45, 2.75) is 44.1 Å². The van der Waals surface area contributed by atoms with Gasteiger partial charge in [0.05, 0.1) is 17.6 Å². The second-order valence-electron chi connectivity index (χ2n) is 7.36. The average molecular weight is 367 g/mol. The van der Waals surface area contributed by atoms with Crippen molar-refractivity contribution < 1.29 is 18.3 Å². The van der Waals surface area contributed by atoms with E-state index in [9.17, 15) is 13.6 Å². The molecule has 1 saturated carbocycles. The number of carbonyl (C=O) groups excluding carboxylic acids is 1. The average Bonchev–Trinajstić information content (AvgIpc) is 3.09. The molecule has 0 bridgehead atoms. The van der Waals surface area contributed by atoms with Crippen LogP contribution in [0.4, 0.5) is 8.78 Å². The maximum absolute atomic E-state index is 13.6. The first-order valence-electron chi connectivity index (χ1n) is 9.23. The summed E-state index contributed by atoms with van der Waals surface area (Å²) in [6, 6.07) is 10.5. The van der Waals surface area contributed by atoms with Crippen molar-refractivity contribution in [1.82, 2.24) is 0 Å². The maximum Gasteiger partial charge on any atom is 0.173 e. The molecule has 2 aliphatic rings. The summed E-state index contributed by atoms with van der Waals surface area (Å²) in [6.07, 6.45) is 4.35. The van der Waals surface area contributed by atoms with Gasteiger partial charge in [0.1, 0.15) is 23.0 Å². The Balaban J connectivity index is 1.76. The normalized spacial score (nSPS) is 20.2. The van der Waals surface area contributed by atoms with E-state index in [2.05, 4.69) is 6.07 Å². The number of ether oxygens (including phenoxy) is 1. The Morgan fingerprint density at radius 3 is 2.44 bits per heavy atom. The summed E-state index contributed by atoms with van der Waals surface area (Å²) >= 11 is 0. The molecule has 1 unspecified atom stereocenters. The van der Waals surface area contributed by atoms with Crippen LogP contribution >= 0.6 is 0 Å². The van der Waals surface area contributed by atoms with Gasteiger partial charge < -0.3 is 4.74 Å². The van der Waals surface area contributed by atoms with Crippen molar-refractivity contribution >= 4 is 5.78 Å². The molecular formula is C22H19F2NO2. The fraction of sp³-hybridized carbons (Fsp3) is 0.364. The molecule has 1 atom stereocenters. The fourth-order valence-corrected chi connectivity index (χ4v) is 4.45. The molecule has 2 aromatic rings. The Bertz CT molecular complexity index is 922. The van der Waals surface area contributed by atoms with E-state index >= 15 is 0 Å². The van der Waals surface area contributed by atoms with Gasteiger partial charge in [-0.3, -0.25) is 4.79 Å². The Labute approximate surface area is 156 Å². The smallest absolute Gasteiger partial charge is 0.173 e. The predicted molar refractivity (Wildman–Crippen MR) is 96.3 cm³/mol. The lowest BCUT2D eigenvalue weighted by Gasteiger charge is -2.41. The highest BCUT2D eigenvalue weighted by Crippen LogP contribution is 2.48. The van der Waals surface area contributed by atoms with E-state index in [0.29, 0.717) is 35.3 Å². The summed E-state index contributed by atoms with van der Waals surface area (Å²) in [4.78, 5) is 13.1. The van der Waals surface area contributed by atoms with Crippen LogP contribution in [-0.2, 0) is 0 Å². The summed E-state index contributed by atoms with van der Waals surface area (Å²) in [7, 11) is 0. The van der Waals surface area contributed by atoms with E-state index in [1.165, 1.54) is 12.1 Å². The highest BCUT2D eigenvalue weighted by atomic mass is 19.1. The molecular weight excluding hydrogens is 348 g/mol. The number of halogens is 2. The number of ketones is 1. The minimum atomic E-state index is -0.649. The monoisotopic (exact) mass is 367 g/mol. The van der Waals surface area contributed by atoms with E-state index in [0.717, 1.165) is 31.7 Å². The van der Waals surface area contributed by atoms with Crippen LogP contribution in [0.15, 0.2) is 36.4 Å². The first-order valence-corrected chi connectivity index (χ1v) is 9.23. The number of carbonyl (C=O) groups is 1. The van der Waals surface area contributed by atoms with Crippen LogP contribution in [0, 0.1) is 28.9 Å². The zero-order chi connectivity index (χ0) is 19.0. The van der Waals surface area contributed by atoms with Crippen molar-refractivity contribution in [2.24, 2.45) is 5.92 Å². The van der Waals surface area contributed by atoms with E-state index in [1.54, 1.807) is 18.2 Å². The lowest BCUT2D eigenvalue weighted by molar-refractivity contribution is 0.00319. The molecule has 5 heteroatoms. The van der Waals surface area contributed by atoms with Gasteiger partial charge in [0.15, 0.2) is 5.78 Å². The van der Waals surface area contributed by atoms with Crippen molar-refractivity contribution in [3.05, 3.63) is 53.6 Å². The maximum atomic E-state index is 13.6. The predicted octanol–water partition coefficient (Wildman–Crippen LogP) is 5.44. The van der Waals surface area contributed by atoms with Gasteiger partial charge in [-0.2, -0.15) is 5.26 Å². The molecule has 1 aliphatic carbocycles. The number of nitrogens with zero attached hydrogens (tertiary/aromatic N) is 1. The van der Waals surface area contributed by atoms with Gasteiger partial charge in [-0.15, -0.1) is 0 Å². The van der Waals surface area contributed by atoms with Gasteiger partial charge in [-0.05, 0) is 67.5 Å². The number of hydrogen-bond acceptors (Lipinski definition) is 3. The molecule has 1 heterocycles. The summed E-state index contributed by atoms with van der Waals surface area (Å²) < 4.78 is 33.5. The SMILES string of the molecule is N#CCCC1C(=O)c2ccc(-c3cc(F)cc(F)c3)cc2OC12CCCC2. The fourth-order valence-electron chi connectivity index (χ4n) is 4.45. The van der Waals surface area contributed by atoms with Gasteiger partial charge in [0.2, 0.25) is 0 Å². The molecule has 0 radical (unpaired) electrons. The molecule has 1 spiro atoms. The van der Waals surface area contributed by atoms with Crippen LogP contribution in [0.3, 0.4) is 0 Å². The first-order chi connectivity index (χ1) is 13.0. The number of benzene rings is 2. The third-order valence-corrected chi connectivity index (χ3v) is 5.70. The van der Waals surface area contributed by atoms with Gasteiger partial charge in [0, 0.05) is 12.5 Å². The third-order valence-electron chi connectivity index (χ3n) is 5.70. The molecule has 0 saturated heterocycles. The molecule has 138 valence electrons. The summed E-state index contributed by atoms with van der Waals surface area (Å²) in [5.74, 6) is -1.14. The summed E-state index contributed by atoms with van der Waals surface area (Å²) in [6.45, 7) is 0. The largest absolute Gasteiger partial charge is 0.486 e. The number of Topliss-reactive ketones (excluding diaryl/α,β-unsaturated/α-hetero) is 1. The molecule has 27 heavy (non-hydrogen) atoms. The van der Waals surface area contributed by atoms with Crippen LogP contribution < -0.4 is 4.74 Å². The third kappa shape index (κ3) is 3.10. The van der Waals surface area contributed by atoms with E-state index in [1.807, 2.05) is 0 Å². The van der Waals surface area contributed by atoms with Gasteiger partial charge in [-0.25, -0.2) is 8.78 Å². The second-order valence-corrected chi connectivity index (χ2v) is 7.36. The van der Waals surface area contributed by atoms with Gasteiger partial charge in [-0.1, -0.05) is 6.07 Å². The Kier molecular flexibility index (Phi) is 4.43. The van der Waals surface area contributed by atoms with Crippen LogP contribution in [0.25, 0.3) is 11.1 Å². The van der Waals surface area contributed by atoms with Crippen molar-refractivity contribution in [2.75, 3.05) is 0 Å². The number of hydrogen-bond donors (Lipinski definition) is 0. The first kappa shape index (κ1) is 17.7. The van der Waals surface area contributed by atoms with E-state index in [4.69, 9.17) is 10.00 Å². The molecule has 0 N–H and O–H groups in total. The van der Waals surface area contributed by atoms with Crippen LogP contribution in [0.1, 0.15) is 48.9 Å². The topological polar surface area (TPSA) is 50.1 Å². The van der Waals surface area contributed by atoms with Crippen LogP contribution in [-0.4, -0.2) is 11.4 Å². The van der Waals surface area contributed by atoms with Gasteiger partial charge in [0.25, 0.3) is 0 Å². The highest BCUT2D eigenvalue weighted by molar-refractivity contribution is 6.02. The zero-order valence-corrected chi connectivity index (χ0v) is 14.8. The van der Waals surface area contributed by atoms with Crippen LogP contribution in [0.2, 0.25) is 0 Å². The molecule has 1 fully saturated rings. The number of nitriles is 1. The Morgan fingerprint density at radius 1 is 1.07 bits per heavy atom. The number of rotatable bonds is 3. The molecule has 0 amide bonds. The minimum Gasteiger partial charge on any atom is -0.486 e. The summed E-state index contributed by atoms with van der Waals surface area (Å²) in [5, 5.41) is 8.95. The van der Waals surface area contributed by atoms with Crippen molar-refractivity contribution in [3.63, 3.8) is 0 Å². The Morgan fingerprint density at radius 2 is 1.78 bits per heavy atom. The zero-order valence-electron chi connectivity index (χ0n) is 14.8. The van der Waals surface area contributed by atoms with Crippen molar-refractivity contribution in [1.29, 1.82) is 5.26 Å². The minimum absolute atomic E-state index is 0.00497. The van der Waals surface area contributed by atoms with Gasteiger partial charge >= 0.3 is 0 Å². The second kappa shape index (κ2) is 6.77. The molecule has 1 aliphatic heterocycles. The van der Waals surface area contributed by atoms with Crippen LogP contribution in [0.5, 0.6) is 5.75 Å². The number of fused-ring (bicyclic) bond motifs is 1. The Hall–Kier alpha value is -2.74. The van der Waals surface area contributed by atoms with Crippen molar-refractivity contribution in [3.8, 4) is 22.9 Å². The standard InChI is InChI=1S/C22H19F2NO2/c23-16-10-15(11-17(24)13-16)14-5-6-18-20(12-14)27-22(7-1-2-8-22)19(21(18)26)4-3-9-25/h5-6,10-13,19H,1-4,7-8H2. The quantitative estimate of drug-likeness (QED) is 0.726. The lowest BCUT2D eigenvalue weighted by atomic mass is 9.75. The lowest BCUT2D eigenvalue weighted by Crippen LogP contribution is -2.48. The van der Waals surface area contributed by atoms with E-state index < -0.39 is 17.2 Å². The molecule has 3 nitrogen and oxygen atoms in total.